The molecule has 0 radical (unpaired) electrons. The first-order valence-electron chi connectivity index (χ1n) is 5.37. The van der Waals surface area contributed by atoms with Gasteiger partial charge in [0, 0.05) is 12.5 Å². The summed E-state index contributed by atoms with van der Waals surface area (Å²) in [6.45, 7) is 2.51. The molecule has 0 aromatic rings. The van der Waals surface area contributed by atoms with Crippen LogP contribution in [0.5, 0.6) is 0 Å². The van der Waals surface area contributed by atoms with Crippen molar-refractivity contribution < 1.29 is 9.47 Å². The summed E-state index contributed by atoms with van der Waals surface area (Å²) in [6, 6.07) is 0.704. The third-order valence-corrected chi connectivity index (χ3v) is 3.43. The van der Waals surface area contributed by atoms with Gasteiger partial charge in [-0.15, -0.1) is 0 Å². The predicted octanol–water partition coefficient (Wildman–Crippen LogP) is 0.891. The second kappa shape index (κ2) is 2.94. The van der Waals surface area contributed by atoms with Gasteiger partial charge in [0.05, 0.1) is 19.8 Å². The van der Waals surface area contributed by atoms with Crippen LogP contribution in [0.4, 0.5) is 0 Å². The molecule has 1 spiro atoms. The Morgan fingerprint density at radius 2 is 2.08 bits per heavy atom. The molecule has 3 heteroatoms. The van der Waals surface area contributed by atoms with Crippen molar-refractivity contribution in [3.8, 4) is 0 Å². The minimum Gasteiger partial charge on any atom is -0.377 e. The molecule has 3 fully saturated rings. The molecule has 2 saturated heterocycles. The van der Waals surface area contributed by atoms with Crippen molar-refractivity contribution in [2.24, 2.45) is 5.92 Å². The van der Waals surface area contributed by atoms with Crippen LogP contribution >= 0.6 is 0 Å². The van der Waals surface area contributed by atoms with Crippen molar-refractivity contribution in [2.75, 3.05) is 19.8 Å². The molecule has 0 bridgehead atoms. The molecule has 0 amide bonds. The maximum atomic E-state index is 5.80. The normalized spacial score (nSPS) is 45.7. The fourth-order valence-electron chi connectivity index (χ4n) is 2.46. The molecule has 74 valence electrons. The Labute approximate surface area is 78.8 Å². The standard InChI is InChI=1S/C10H17NO2/c1-2-8(1)9-3-5-13-10(11-9)4-6-12-7-10/h8-9,11H,1-7H2. The number of hydrogen-bond acceptors (Lipinski definition) is 3. The molecule has 3 nitrogen and oxygen atoms in total. The van der Waals surface area contributed by atoms with Gasteiger partial charge in [-0.2, -0.15) is 0 Å². The van der Waals surface area contributed by atoms with E-state index in [-0.39, 0.29) is 5.72 Å². The first-order chi connectivity index (χ1) is 6.38. The number of rotatable bonds is 1. The van der Waals surface area contributed by atoms with Crippen molar-refractivity contribution in [1.29, 1.82) is 0 Å². The van der Waals surface area contributed by atoms with E-state index >= 15 is 0 Å². The molecule has 2 atom stereocenters. The van der Waals surface area contributed by atoms with E-state index in [9.17, 15) is 0 Å². The molecule has 2 heterocycles. The second-order valence-electron chi connectivity index (χ2n) is 4.52. The summed E-state index contributed by atoms with van der Waals surface area (Å²) in [6.07, 6.45) is 5.03. The number of nitrogens with one attached hydrogen (secondary N) is 1. The van der Waals surface area contributed by atoms with Crippen LogP contribution in [0, 0.1) is 5.92 Å². The van der Waals surface area contributed by atoms with Crippen molar-refractivity contribution in [1.82, 2.24) is 5.32 Å². The van der Waals surface area contributed by atoms with Gasteiger partial charge >= 0.3 is 0 Å². The van der Waals surface area contributed by atoms with E-state index in [4.69, 9.17) is 9.47 Å². The average molecular weight is 183 g/mol. The Kier molecular flexibility index (Phi) is 1.86. The van der Waals surface area contributed by atoms with Crippen LogP contribution in [0.2, 0.25) is 0 Å². The van der Waals surface area contributed by atoms with Gasteiger partial charge in [-0.05, 0) is 25.2 Å². The van der Waals surface area contributed by atoms with Crippen LogP contribution in [0.25, 0.3) is 0 Å². The highest BCUT2D eigenvalue weighted by Gasteiger charge is 2.44. The Bertz CT molecular complexity index is 197. The summed E-state index contributed by atoms with van der Waals surface area (Å²) in [5.74, 6) is 0.932. The van der Waals surface area contributed by atoms with Gasteiger partial charge in [0.15, 0.2) is 0 Å². The average Bonchev–Trinajstić information content (AvgIpc) is 2.91. The summed E-state index contributed by atoms with van der Waals surface area (Å²) < 4.78 is 11.2. The van der Waals surface area contributed by atoms with Crippen molar-refractivity contribution in [3.05, 3.63) is 0 Å². The molecule has 13 heavy (non-hydrogen) atoms. The molecule has 1 aliphatic carbocycles. The van der Waals surface area contributed by atoms with E-state index in [0.29, 0.717) is 6.04 Å². The van der Waals surface area contributed by atoms with E-state index in [1.54, 1.807) is 0 Å². The second-order valence-corrected chi connectivity index (χ2v) is 4.52. The van der Waals surface area contributed by atoms with Gasteiger partial charge in [0.25, 0.3) is 0 Å². The zero-order valence-corrected chi connectivity index (χ0v) is 7.92. The number of hydrogen-bond donors (Lipinski definition) is 1. The van der Waals surface area contributed by atoms with E-state index in [2.05, 4.69) is 5.32 Å². The monoisotopic (exact) mass is 183 g/mol. The molecule has 2 unspecified atom stereocenters. The SMILES string of the molecule is C1CC2(CO1)NC(C1CC1)CCO2. The van der Waals surface area contributed by atoms with Gasteiger partial charge in [0.2, 0.25) is 0 Å². The smallest absolute Gasteiger partial charge is 0.145 e. The van der Waals surface area contributed by atoms with Crippen molar-refractivity contribution in [3.63, 3.8) is 0 Å². The molecule has 1 saturated carbocycles. The van der Waals surface area contributed by atoms with Gasteiger partial charge in [0.1, 0.15) is 5.72 Å². The number of ether oxygens (including phenoxy) is 2. The zero-order valence-electron chi connectivity index (χ0n) is 7.92. The lowest BCUT2D eigenvalue weighted by atomic mass is 10.0. The zero-order chi connectivity index (χ0) is 8.73. The van der Waals surface area contributed by atoms with Crippen LogP contribution in [0.3, 0.4) is 0 Å². The first kappa shape index (κ1) is 8.21. The molecule has 2 aliphatic heterocycles. The summed E-state index contributed by atoms with van der Waals surface area (Å²) in [7, 11) is 0. The third-order valence-electron chi connectivity index (χ3n) is 3.43. The van der Waals surface area contributed by atoms with Gasteiger partial charge in [-0.1, -0.05) is 0 Å². The first-order valence-corrected chi connectivity index (χ1v) is 5.37. The summed E-state index contributed by atoms with van der Waals surface area (Å²) in [5.41, 5.74) is -0.106. The highest BCUT2D eigenvalue weighted by atomic mass is 16.6. The maximum Gasteiger partial charge on any atom is 0.145 e. The molecule has 3 aliphatic rings. The summed E-state index contributed by atoms with van der Waals surface area (Å²) in [5, 5.41) is 3.64. The van der Waals surface area contributed by atoms with Crippen LogP contribution in [-0.2, 0) is 9.47 Å². The van der Waals surface area contributed by atoms with Gasteiger partial charge in [-0.3, -0.25) is 5.32 Å². The molecular formula is C10H17NO2. The maximum absolute atomic E-state index is 5.80. The third kappa shape index (κ3) is 1.49. The lowest BCUT2D eigenvalue weighted by molar-refractivity contribution is -0.113. The van der Waals surface area contributed by atoms with Crippen LogP contribution < -0.4 is 5.32 Å². The van der Waals surface area contributed by atoms with Crippen molar-refractivity contribution in [2.45, 2.75) is 37.5 Å². The van der Waals surface area contributed by atoms with E-state index in [1.165, 1.54) is 19.3 Å². The van der Waals surface area contributed by atoms with E-state index in [1.807, 2.05) is 0 Å². The minimum atomic E-state index is -0.106. The lowest BCUT2D eigenvalue weighted by Gasteiger charge is -2.38. The highest BCUT2D eigenvalue weighted by molar-refractivity contribution is 4.95. The molecule has 3 rings (SSSR count). The summed E-state index contributed by atoms with van der Waals surface area (Å²) in [4.78, 5) is 0. The van der Waals surface area contributed by atoms with Gasteiger partial charge < -0.3 is 9.47 Å². The topological polar surface area (TPSA) is 30.5 Å². The van der Waals surface area contributed by atoms with E-state index < -0.39 is 0 Å². The predicted molar refractivity (Wildman–Crippen MR) is 48.4 cm³/mol. The Balaban J connectivity index is 1.68. The van der Waals surface area contributed by atoms with Crippen molar-refractivity contribution >= 4 is 0 Å². The van der Waals surface area contributed by atoms with Gasteiger partial charge in [-0.25, -0.2) is 0 Å². The Morgan fingerprint density at radius 3 is 2.77 bits per heavy atom. The van der Waals surface area contributed by atoms with E-state index in [0.717, 1.165) is 32.2 Å². The molecular weight excluding hydrogens is 166 g/mol. The fraction of sp³-hybridized carbons (Fsp3) is 1.00. The lowest BCUT2D eigenvalue weighted by Crippen LogP contribution is -2.57. The molecule has 1 N–H and O–H groups in total. The van der Waals surface area contributed by atoms with Crippen LogP contribution in [0.15, 0.2) is 0 Å². The van der Waals surface area contributed by atoms with Crippen LogP contribution in [0.1, 0.15) is 25.7 Å². The fourth-order valence-corrected chi connectivity index (χ4v) is 2.46. The minimum absolute atomic E-state index is 0.106. The summed E-state index contributed by atoms with van der Waals surface area (Å²) >= 11 is 0. The highest BCUT2D eigenvalue weighted by Crippen LogP contribution is 2.38. The molecule has 0 aromatic carbocycles. The Hall–Kier alpha value is -0.120. The molecule has 0 aromatic heterocycles. The largest absolute Gasteiger partial charge is 0.377 e. The quantitative estimate of drug-likeness (QED) is 0.655. The van der Waals surface area contributed by atoms with Crippen LogP contribution in [-0.4, -0.2) is 31.6 Å². The Morgan fingerprint density at radius 1 is 1.15 bits per heavy atom.